The maximum Gasteiger partial charge on any atom is 0.242 e. The Bertz CT molecular complexity index is 794. The van der Waals surface area contributed by atoms with Gasteiger partial charge in [0.25, 0.3) is 0 Å². The number of rotatable bonds is 7. The van der Waals surface area contributed by atoms with Crippen LogP contribution >= 0.6 is 0 Å². The van der Waals surface area contributed by atoms with Gasteiger partial charge in [-0.3, -0.25) is 10.1 Å². The summed E-state index contributed by atoms with van der Waals surface area (Å²) in [6.45, 7) is 6.19. The second-order valence-electron chi connectivity index (χ2n) is 5.48. The van der Waals surface area contributed by atoms with Gasteiger partial charge in [-0.15, -0.1) is 0 Å². The average Bonchev–Trinajstić information content (AvgIpc) is 2.96. The predicted molar refractivity (Wildman–Crippen MR) is 88.9 cm³/mol. The number of aromatic nitrogens is 1. The van der Waals surface area contributed by atoms with Gasteiger partial charge in [0.15, 0.2) is 9.84 Å². The molecule has 0 unspecified atom stereocenters. The molecule has 0 saturated carbocycles. The lowest BCUT2D eigenvalue weighted by Crippen LogP contribution is -2.22. The molecule has 8 heteroatoms. The number of nitrogens with one attached hydrogen (secondary N) is 1. The van der Waals surface area contributed by atoms with Gasteiger partial charge in [-0.2, -0.15) is 0 Å². The van der Waals surface area contributed by atoms with E-state index in [9.17, 15) is 13.2 Å². The molecule has 1 heterocycles. The Kier molecular flexibility index (Phi) is 5.61. The Balaban J connectivity index is 2.03. The number of anilines is 1. The van der Waals surface area contributed by atoms with Crippen LogP contribution in [-0.4, -0.2) is 31.8 Å². The fourth-order valence-corrected chi connectivity index (χ4v) is 3.09. The van der Waals surface area contributed by atoms with E-state index in [4.69, 9.17) is 9.26 Å². The van der Waals surface area contributed by atoms with E-state index in [1.165, 1.54) is 12.1 Å². The maximum absolute atomic E-state index is 12.3. The predicted octanol–water partition coefficient (Wildman–Crippen LogP) is 2.61. The first-order valence-corrected chi connectivity index (χ1v) is 9.19. The van der Waals surface area contributed by atoms with Crippen molar-refractivity contribution in [2.45, 2.75) is 31.6 Å². The Morgan fingerprint density at radius 3 is 2.50 bits per heavy atom. The van der Waals surface area contributed by atoms with Crippen LogP contribution in [0.2, 0.25) is 0 Å². The highest BCUT2D eigenvalue weighted by Crippen LogP contribution is 2.19. The van der Waals surface area contributed by atoms with Crippen molar-refractivity contribution in [3.63, 3.8) is 0 Å². The van der Waals surface area contributed by atoms with Crippen LogP contribution in [0.5, 0.6) is 5.75 Å². The highest BCUT2D eigenvalue weighted by Gasteiger charge is 2.20. The normalized spacial score (nSPS) is 11.5. The first-order valence-electron chi connectivity index (χ1n) is 7.54. The zero-order valence-corrected chi connectivity index (χ0v) is 14.6. The molecule has 1 aromatic carbocycles. The monoisotopic (exact) mass is 352 g/mol. The van der Waals surface area contributed by atoms with Crippen molar-refractivity contribution in [2.75, 3.05) is 17.7 Å². The average molecular weight is 352 g/mol. The Morgan fingerprint density at radius 2 is 1.96 bits per heavy atom. The number of sulfone groups is 1. The molecule has 1 N–H and O–H groups in total. The molecule has 0 spiro atoms. The summed E-state index contributed by atoms with van der Waals surface area (Å²) < 4.78 is 34.8. The van der Waals surface area contributed by atoms with Crippen LogP contribution in [0.15, 0.2) is 39.8 Å². The van der Waals surface area contributed by atoms with Crippen LogP contribution in [0.3, 0.4) is 0 Å². The van der Waals surface area contributed by atoms with E-state index in [0.717, 1.165) is 0 Å². The lowest BCUT2D eigenvalue weighted by molar-refractivity contribution is -0.114. The third-order valence-electron chi connectivity index (χ3n) is 3.20. The molecule has 1 amide bonds. The molecule has 7 nitrogen and oxygen atoms in total. The van der Waals surface area contributed by atoms with Crippen molar-refractivity contribution >= 4 is 21.6 Å². The summed E-state index contributed by atoms with van der Waals surface area (Å²) in [7, 11) is -3.75. The summed E-state index contributed by atoms with van der Waals surface area (Å²) >= 11 is 0. The molecular formula is C16H20N2O5S. The smallest absolute Gasteiger partial charge is 0.242 e. The molecule has 0 aliphatic rings. The van der Waals surface area contributed by atoms with E-state index in [1.54, 1.807) is 18.2 Å². The largest absolute Gasteiger partial charge is 0.494 e. The van der Waals surface area contributed by atoms with Crippen molar-refractivity contribution < 1.29 is 22.5 Å². The van der Waals surface area contributed by atoms with Gasteiger partial charge in [-0.1, -0.05) is 19.0 Å². The molecule has 0 atom stereocenters. The summed E-state index contributed by atoms with van der Waals surface area (Å²) in [4.78, 5) is 12.0. The zero-order valence-electron chi connectivity index (χ0n) is 13.8. The number of nitrogens with zero attached hydrogens (tertiary/aromatic N) is 1. The molecule has 1 aromatic heterocycles. The number of hydrogen-bond acceptors (Lipinski definition) is 6. The van der Waals surface area contributed by atoms with E-state index >= 15 is 0 Å². The third kappa shape index (κ3) is 4.58. The van der Waals surface area contributed by atoms with Crippen LogP contribution < -0.4 is 10.1 Å². The van der Waals surface area contributed by atoms with Crippen molar-refractivity contribution in [2.24, 2.45) is 0 Å². The number of benzene rings is 1. The van der Waals surface area contributed by atoms with E-state index in [2.05, 4.69) is 10.5 Å². The van der Waals surface area contributed by atoms with Gasteiger partial charge in [0.2, 0.25) is 11.8 Å². The fourth-order valence-electron chi connectivity index (χ4n) is 1.96. The summed E-state index contributed by atoms with van der Waals surface area (Å²) in [5.41, 5.74) is 0.680. The number of carbonyl (C=O) groups is 1. The summed E-state index contributed by atoms with van der Waals surface area (Å²) in [5, 5.41) is 6.20. The topological polar surface area (TPSA) is 98.5 Å². The molecule has 0 bridgehead atoms. The Hall–Kier alpha value is -2.35. The molecule has 2 rings (SSSR count). The number of ether oxygens (including phenoxy) is 1. The van der Waals surface area contributed by atoms with Gasteiger partial charge in [-0.25, -0.2) is 8.42 Å². The van der Waals surface area contributed by atoms with Gasteiger partial charge in [0.05, 0.1) is 17.2 Å². The maximum atomic E-state index is 12.3. The molecule has 0 aliphatic heterocycles. The quantitative estimate of drug-likeness (QED) is 0.822. The minimum absolute atomic E-state index is 0.0570. The Morgan fingerprint density at radius 1 is 1.29 bits per heavy atom. The van der Waals surface area contributed by atoms with E-state index in [-0.39, 0.29) is 16.7 Å². The van der Waals surface area contributed by atoms with Crippen LogP contribution in [0.1, 0.15) is 32.4 Å². The molecule has 0 fully saturated rings. The fraction of sp³-hybridized carbons (Fsp3) is 0.375. The summed E-state index contributed by atoms with van der Waals surface area (Å²) in [5.74, 6) is -0.518. The van der Waals surface area contributed by atoms with Gasteiger partial charge in [-0.05, 0) is 37.1 Å². The second kappa shape index (κ2) is 7.48. The van der Waals surface area contributed by atoms with Gasteiger partial charge in [0.1, 0.15) is 11.5 Å². The Labute approximate surface area is 140 Å². The van der Waals surface area contributed by atoms with Crippen molar-refractivity contribution in [3.05, 3.63) is 36.0 Å². The van der Waals surface area contributed by atoms with Crippen LogP contribution in [0.25, 0.3) is 0 Å². The molecule has 130 valence electrons. The minimum Gasteiger partial charge on any atom is -0.494 e. The van der Waals surface area contributed by atoms with Crippen LogP contribution in [0, 0.1) is 0 Å². The highest BCUT2D eigenvalue weighted by molar-refractivity contribution is 7.92. The molecular weight excluding hydrogens is 332 g/mol. The molecule has 0 aliphatic carbocycles. The summed E-state index contributed by atoms with van der Waals surface area (Å²) in [6, 6.07) is 7.52. The number of hydrogen-bond donors (Lipinski definition) is 1. The van der Waals surface area contributed by atoms with Crippen molar-refractivity contribution in [3.8, 4) is 5.75 Å². The lowest BCUT2D eigenvalue weighted by atomic mass is 10.1. The van der Waals surface area contributed by atoms with E-state index in [1.807, 2.05) is 20.8 Å². The standard InChI is InChI=1S/C16H20N2O5S/c1-4-22-12-5-7-13(8-6-12)24(20,21)10-15(19)17-16-9-14(11(2)3)18-23-16/h5-9,11H,4,10H2,1-3H3,(H,17,19). The number of carbonyl (C=O) groups excluding carboxylic acids is 1. The SMILES string of the molecule is CCOc1ccc(S(=O)(=O)CC(=O)Nc2cc(C(C)C)no2)cc1. The zero-order chi connectivity index (χ0) is 17.7. The molecule has 0 radical (unpaired) electrons. The van der Waals surface area contributed by atoms with E-state index in [0.29, 0.717) is 18.1 Å². The third-order valence-corrected chi connectivity index (χ3v) is 4.83. The van der Waals surface area contributed by atoms with Crippen molar-refractivity contribution in [1.82, 2.24) is 5.16 Å². The summed E-state index contributed by atoms with van der Waals surface area (Å²) in [6.07, 6.45) is 0. The van der Waals surface area contributed by atoms with Crippen LogP contribution in [-0.2, 0) is 14.6 Å². The van der Waals surface area contributed by atoms with Gasteiger partial charge >= 0.3 is 0 Å². The molecule has 0 saturated heterocycles. The first-order chi connectivity index (χ1) is 11.3. The minimum atomic E-state index is -3.75. The van der Waals surface area contributed by atoms with Gasteiger partial charge < -0.3 is 9.26 Å². The van der Waals surface area contributed by atoms with Crippen molar-refractivity contribution in [1.29, 1.82) is 0 Å². The lowest BCUT2D eigenvalue weighted by Gasteiger charge is -2.06. The molecule has 2 aromatic rings. The molecule has 24 heavy (non-hydrogen) atoms. The second-order valence-corrected chi connectivity index (χ2v) is 7.47. The number of amides is 1. The first kappa shape index (κ1) is 18.0. The van der Waals surface area contributed by atoms with Gasteiger partial charge in [0, 0.05) is 6.07 Å². The van der Waals surface area contributed by atoms with E-state index < -0.39 is 21.5 Å². The van der Waals surface area contributed by atoms with Crippen LogP contribution in [0.4, 0.5) is 5.88 Å². The highest BCUT2D eigenvalue weighted by atomic mass is 32.2.